The summed E-state index contributed by atoms with van der Waals surface area (Å²) in [5, 5.41) is 11.7. The number of amidine groups is 1. The summed E-state index contributed by atoms with van der Waals surface area (Å²) in [6.07, 6.45) is 6.86. The number of pyridine rings is 1. The molecule has 0 bridgehead atoms. The molecule has 4 aromatic rings. The predicted octanol–water partition coefficient (Wildman–Crippen LogP) is 6.64. The van der Waals surface area contributed by atoms with Crippen LogP contribution in [0.5, 0.6) is 0 Å². The highest BCUT2D eigenvalue weighted by Crippen LogP contribution is 2.26. The molecule has 0 spiro atoms. The van der Waals surface area contributed by atoms with Gasteiger partial charge >= 0.3 is 0 Å². The largest absolute Gasteiger partial charge is 0.384 e. The third-order valence-electron chi connectivity index (χ3n) is 8.55. The third kappa shape index (κ3) is 6.63. The number of carbonyl (C=O) groups is 1. The van der Waals surface area contributed by atoms with E-state index in [4.69, 9.17) is 11.1 Å². The van der Waals surface area contributed by atoms with E-state index in [1.807, 2.05) is 59.2 Å². The highest BCUT2D eigenvalue weighted by atomic mass is 16.1. The first-order valence-corrected chi connectivity index (χ1v) is 15.1. The Balaban J connectivity index is 1.42. The molecule has 0 unspecified atom stereocenters. The number of likely N-dealkylation sites (tertiary alicyclic amines) is 1. The zero-order valence-electron chi connectivity index (χ0n) is 24.6. The van der Waals surface area contributed by atoms with Crippen LogP contribution in [0.3, 0.4) is 0 Å². The quantitative estimate of drug-likeness (QED) is 0.114. The number of rotatable bonds is 10. The summed E-state index contributed by atoms with van der Waals surface area (Å²) in [4.78, 5) is 29.5. The molecule has 2 atom stereocenters. The monoisotopic (exact) mass is 563 g/mol. The Hall–Kier alpha value is -4.23. The van der Waals surface area contributed by atoms with Crippen molar-refractivity contribution in [3.05, 3.63) is 100 Å². The van der Waals surface area contributed by atoms with Crippen LogP contribution in [-0.4, -0.2) is 39.8 Å². The molecule has 1 amide bonds. The Morgan fingerprint density at radius 3 is 2.33 bits per heavy atom. The van der Waals surface area contributed by atoms with Gasteiger partial charge in [0.05, 0.1) is 5.52 Å². The number of hydrogen-bond donors (Lipinski definition) is 3. The molecule has 2 heterocycles. The maximum atomic E-state index is 14.0. The van der Waals surface area contributed by atoms with Gasteiger partial charge in [-0.3, -0.25) is 19.9 Å². The molecule has 0 radical (unpaired) electrons. The molecule has 1 aliphatic heterocycles. The number of carbonyl (C=O) groups excluding carboxylic acids is 1. The fraction of sp³-hybridized carbons (Fsp3) is 0.343. The first kappa shape index (κ1) is 29.3. The van der Waals surface area contributed by atoms with Gasteiger partial charge in [0.2, 0.25) is 0 Å². The molecule has 1 aliphatic rings. The van der Waals surface area contributed by atoms with Gasteiger partial charge in [0.1, 0.15) is 5.84 Å². The number of piperidine rings is 1. The molecule has 42 heavy (non-hydrogen) atoms. The van der Waals surface area contributed by atoms with Crippen LogP contribution in [0.15, 0.2) is 83.7 Å². The number of nitrogens with one attached hydrogen (secondary N) is 2. The highest BCUT2D eigenvalue weighted by Gasteiger charge is 2.23. The first-order valence-electron chi connectivity index (χ1n) is 15.1. The van der Waals surface area contributed by atoms with Crippen LogP contribution in [0.2, 0.25) is 0 Å². The van der Waals surface area contributed by atoms with Crippen LogP contribution in [0.4, 0.5) is 5.69 Å². The summed E-state index contributed by atoms with van der Waals surface area (Å²) in [6, 6.07) is 25.3. The van der Waals surface area contributed by atoms with Crippen molar-refractivity contribution in [3.63, 3.8) is 0 Å². The molecule has 0 aliphatic carbocycles. The van der Waals surface area contributed by atoms with Crippen molar-refractivity contribution in [3.8, 4) is 11.1 Å². The molecule has 1 aromatic heterocycles. The highest BCUT2D eigenvalue weighted by molar-refractivity contribution is 6.05. The van der Waals surface area contributed by atoms with Gasteiger partial charge in [-0.15, -0.1) is 0 Å². The van der Waals surface area contributed by atoms with Crippen LogP contribution in [0.1, 0.15) is 68.3 Å². The van der Waals surface area contributed by atoms with E-state index >= 15 is 0 Å². The van der Waals surface area contributed by atoms with Crippen molar-refractivity contribution in [2.75, 3.05) is 11.9 Å². The molecule has 7 nitrogen and oxygen atoms in total. The summed E-state index contributed by atoms with van der Waals surface area (Å²) in [6.45, 7) is 6.34. The number of amides is 1. The third-order valence-corrected chi connectivity index (χ3v) is 8.55. The fourth-order valence-corrected chi connectivity index (χ4v) is 6.18. The first-order chi connectivity index (χ1) is 20.3. The predicted molar refractivity (Wildman–Crippen MR) is 172 cm³/mol. The van der Waals surface area contributed by atoms with Crippen molar-refractivity contribution in [2.45, 2.75) is 71.0 Å². The van der Waals surface area contributed by atoms with Gasteiger partial charge in [-0.2, -0.15) is 0 Å². The molecule has 3 aromatic carbocycles. The van der Waals surface area contributed by atoms with Gasteiger partial charge in [-0.1, -0.05) is 55.3 Å². The molecule has 1 saturated heterocycles. The number of nitrogens with two attached hydrogens (primary N) is 1. The molecule has 4 N–H and O–H groups in total. The Morgan fingerprint density at radius 2 is 1.60 bits per heavy atom. The maximum Gasteiger partial charge on any atom is 0.258 e. The number of nitrogen functional groups attached to an aromatic ring is 1. The Labute approximate surface area is 247 Å². The summed E-state index contributed by atoms with van der Waals surface area (Å²) in [7, 11) is 0. The molecule has 1 fully saturated rings. The van der Waals surface area contributed by atoms with E-state index in [1.54, 1.807) is 24.3 Å². The lowest BCUT2D eigenvalue weighted by atomic mass is 9.97. The number of fused-ring (bicyclic) bond motifs is 1. The zero-order valence-corrected chi connectivity index (χ0v) is 24.6. The van der Waals surface area contributed by atoms with Crippen LogP contribution in [-0.2, 0) is 6.54 Å². The van der Waals surface area contributed by atoms with Gasteiger partial charge in [0.25, 0.3) is 11.5 Å². The topological polar surface area (TPSA) is 104 Å². The lowest BCUT2D eigenvalue weighted by Gasteiger charge is -2.39. The Morgan fingerprint density at radius 1 is 0.881 bits per heavy atom. The van der Waals surface area contributed by atoms with E-state index in [-0.39, 0.29) is 17.3 Å². The van der Waals surface area contributed by atoms with Crippen molar-refractivity contribution in [1.82, 2.24) is 9.47 Å². The van der Waals surface area contributed by atoms with Gasteiger partial charge in [-0.05, 0) is 93.4 Å². The molecule has 5 rings (SSSR count). The van der Waals surface area contributed by atoms with Crippen LogP contribution in [0.25, 0.3) is 22.0 Å². The van der Waals surface area contributed by atoms with Crippen molar-refractivity contribution < 1.29 is 4.79 Å². The average Bonchev–Trinajstić information content (AvgIpc) is 2.99. The molecule has 0 saturated carbocycles. The van der Waals surface area contributed by atoms with E-state index in [1.165, 1.54) is 19.3 Å². The van der Waals surface area contributed by atoms with Crippen molar-refractivity contribution in [1.29, 1.82) is 5.41 Å². The Kier molecular flexibility index (Phi) is 9.18. The molecule has 218 valence electrons. The summed E-state index contributed by atoms with van der Waals surface area (Å²) in [5.74, 6) is -0.225. The number of aryl methyl sites for hydroxylation is 1. The fourth-order valence-electron chi connectivity index (χ4n) is 6.18. The summed E-state index contributed by atoms with van der Waals surface area (Å²) >= 11 is 0. The second kappa shape index (κ2) is 13.2. The van der Waals surface area contributed by atoms with Crippen molar-refractivity contribution in [2.24, 2.45) is 5.73 Å². The minimum atomic E-state index is -0.192. The van der Waals surface area contributed by atoms with E-state index in [0.717, 1.165) is 42.3 Å². The maximum absolute atomic E-state index is 14.0. The van der Waals surface area contributed by atoms with E-state index in [2.05, 4.69) is 24.1 Å². The smallest absolute Gasteiger partial charge is 0.258 e. The summed E-state index contributed by atoms with van der Waals surface area (Å²) in [5.41, 5.74) is 9.55. The number of unbranched alkanes of at least 4 members (excludes halogenated alkanes) is 2. The van der Waals surface area contributed by atoms with E-state index in [9.17, 15) is 9.59 Å². The number of hydrogen-bond acceptors (Lipinski definition) is 4. The SMILES string of the molecule is C[C@@H]1CCC[C@H](C)N1CCCCCn1c(=O)c(-c2cccc(C(=N)N)c2)cc2ccc(NC(=O)c3ccccc3)cc21. The zero-order chi connectivity index (χ0) is 29.6. The molecular weight excluding hydrogens is 522 g/mol. The standard InChI is InChI=1S/C35H41N5O2/c1-24-11-9-12-25(2)39(24)19-7-4-8-20-40-32-23-30(38-34(41)26-13-5-3-6-14-26)18-17-28(32)22-31(35(40)42)27-15-10-16-29(21-27)33(36)37/h3,5-6,10,13-18,21-25H,4,7-9,11-12,19-20H2,1-2H3,(H3,36,37)(H,38,41)/t24-,25+. The minimum Gasteiger partial charge on any atom is -0.384 e. The second-order valence-corrected chi connectivity index (χ2v) is 11.5. The number of anilines is 1. The molecular formula is C35H41N5O2. The number of aromatic nitrogens is 1. The van der Waals surface area contributed by atoms with Crippen LogP contribution in [0, 0.1) is 5.41 Å². The van der Waals surface area contributed by atoms with E-state index < -0.39 is 0 Å². The number of nitrogens with zero attached hydrogens (tertiary/aromatic N) is 2. The summed E-state index contributed by atoms with van der Waals surface area (Å²) < 4.78 is 1.84. The second-order valence-electron chi connectivity index (χ2n) is 11.5. The van der Waals surface area contributed by atoms with Gasteiger partial charge in [0.15, 0.2) is 0 Å². The average molecular weight is 564 g/mol. The lowest BCUT2D eigenvalue weighted by Crippen LogP contribution is -2.44. The van der Waals surface area contributed by atoms with Crippen molar-refractivity contribution >= 4 is 28.3 Å². The number of benzene rings is 3. The molecule has 7 heteroatoms. The Bertz CT molecular complexity index is 1620. The van der Waals surface area contributed by atoms with Gasteiger partial charge in [-0.25, -0.2) is 0 Å². The van der Waals surface area contributed by atoms with Crippen LogP contribution >= 0.6 is 0 Å². The minimum absolute atomic E-state index is 0.0332. The normalized spacial score (nSPS) is 17.3. The van der Waals surface area contributed by atoms with Crippen LogP contribution < -0.4 is 16.6 Å². The van der Waals surface area contributed by atoms with Gasteiger partial charge < -0.3 is 15.6 Å². The van der Waals surface area contributed by atoms with Gasteiger partial charge in [0, 0.05) is 41.0 Å². The lowest BCUT2D eigenvalue weighted by molar-refractivity contribution is 0.101. The van der Waals surface area contributed by atoms with E-state index in [0.29, 0.717) is 41.0 Å².